The topological polar surface area (TPSA) is 72.6 Å². The van der Waals surface area contributed by atoms with Crippen LogP contribution in [0.5, 0.6) is 5.75 Å². The molecule has 2 rings (SSSR count). The molecule has 6 heteroatoms. The van der Waals surface area contributed by atoms with Crippen LogP contribution in [-0.2, 0) is 10.0 Å². The molecule has 21 heavy (non-hydrogen) atoms. The van der Waals surface area contributed by atoms with Crippen molar-refractivity contribution < 1.29 is 13.2 Å². The van der Waals surface area contributed by atoms with E-state index < -0.39 is 10.0 Å². The predicted octanol–water partition coefficient (Wildman–Crippen LogP) is 1.98. The van der Waals surface area contributed by atoms with Gasteiger partial charge >= 0.3 is 0 Å². The van der Waals surface area contributed by atoms with E-state index in [2.05, 4.69) is 0 Å². The SMILES string of the molecule is CN(C)S(=O)(=O)c1ccc(OCC2(N)CCCCC2)cc1. The van der Waals surface area contributed by atoms with Gasteiger partial charge in [-0.15, -0.1) is 0 Å². The molecule has 0 aromatic heterocycles. The van der Waals surface area contributed by atoms with Crippen molar-refractivity contribution in [2.24, 2.45) is 5.73 Å². The molecule has 0 heterocycles. The molecule has 1 fully saturated rings. The number of hydrogen-bond donors (Lipinski definition) is 1. The standard InChI is InChI=1S/C15H24N2O3S/c1-17(2)21(18,19)14-8-6-13(7-9-14)20-12-15(16)10-4-3-5-11-15/h6-9H,3-5,10-12,16H2,1-2H3. The van der Waals surface area contributed by atoms with E-state index in [1.807, 2.05) is 0 Å². The number of rotatable bonds is 5. The van der Waals surface area contributed by atoms with Crippen LogP contribution >= 0.6 is 0 Å². The minimum Gasteiger partial charge on any atom is -0.492 e. The molecule has 0 saturated heterocycles. The highest BCUT2D eigenvalue weighted by Gasteiger charge is 2.28. The summed E-state index contributed by atoms with van der Waals surface area (Å²) in [6.07, 6.45) is 5.52. The minimum atomic E-state index is -3.39. The van der Waals surface area contributed by atoms with Crippen LogP contribution in [0.25, 0.3) is 0 Å². The number of sulfonamides is 1. The zero-order chi connectivity index (χ0) is 15.5. The smallest absolute Gasteiger partial charge is 0.242 e. The van der Waals surface area contributed by atoms with Gasteiger partial charge in [0.1, 0.15) is 12.4 Å². The largest absolute Gasteiger partial charge is 0.492 e. The summed E-state index contributed by atoms with van der Waals surface area (Å²) in [6, 6.07) is 6.49. The van der Waals surface area contributed by atoms with Crippen LogP contribution < -0.4 is 10.5 Å². The number of hydrogen-bond acceptors (Lipinski definition) is 4. The summed E-state index contributed by atoms with van der Waals surface area (Å²) < 4.78 is 30.9. The van der Waals surface area contributed by atoms with Gasteiger partial charge in [-0.3, -0.25) is 0 Å². The van der Waals surface area contributed by atoms with Crippen molar-refractivity contribution in [3.05, 3.63) is 24.3 Å². The molecular weight excluding hydrogens is 288 g/mol. The summed E-state index contributed by atoms with van der Waals surface area (Å²) >= 11 is 0. The average Bonchev–Trinajstić information content (AvgIpc) is 2.46. The zero-order valence-corrected chi connectivity index (χ0v) is 13.5. The summed E-state index contributed by atoms with van der Waals surface area (Å²) in [5.74, 6) is 0.656. The van der Waals surface area contributed by atoms with Gasteiger partial charge in [-0.05, 0) is 37.1 Å². The maximum Gasteiger partial charge on any atom is 0.242 e. The van der Waals surface area contributed by atoms with Crippen molar-refractivity contribution in [2.75, 3.05) is 20.7 Å². The monoisotopic (exact) mass is 312 g/mol. The van der Waals surface area contributed by atoms with Crippen LogP contribution in [0, 0.1) is 0 Å². The van der Waals surface area contributed by atoms with Gasteiger partial charge in [0.15, 0.2) is 0 Å². The Hall–Kier alpha value is -1.11. The van der Waals surface area contributed by atoms with E-state index >= 15 is 0 Å². The van der Waals surface area contributed by atoms with Gasteiger partial charge in [0, 0.05) is 14.1 Å². The molecule has 5 nitrogen and oxygen atoms in total. The highest BCUT2D eigenvalue weighted by molar-refractivity contribution is 7.89. The molecule has 0 aliphatic heterocycles. The van der Waals surface area contributed by atoms with Crippen LogP contribution in [0.15, 0.2) is 29.2 Å². The first-order valence-corrected chi connectivity index (χ1v) is 8.72. The second kappa shape index (κ2) is 6.34. The van der Waals surface area contributed by atoms with Crippen LogP contribution in [0.3, 0.4) is 0 Å². The summed E-state index contributed by atoms with van der Waals surface area (Å²) in [4.78, 5) is 0.264. The third-order valence-electron chi connectivity index (χ3n) is 3.98. The molecular formula is C15H24N2O3S. The fourth-order valence-electron chi connectivity index (χ4n) is 2.55. The molecule has 118 valence electrons. The van der Waals surface area contributed by atoms with E-state index in [9.17, 15) is 8.42 Å². The normalized spacial score (nSPS) is 18.7. The van der Waals surface area contributed by atoms with E-state index in [4.69, 9.17) is 10.5 Å². The molecule has 0 atom stereocenters. The van der Waals surface area contributed by atoms with E-state index in [1.165, 1.54) is 24.8 Å². The van der Waals surface area contributed by atoms with Crippen molar-refractivity contribution in [1.82, 2.24) is 4.31 Å². The maximum atomic E-state index is 12.0. The van der Waals surface area contributed by atoms with Gasteiger partial charge in [0.05, 0.1) is 10.4 Å². The van der Waals surface area contributed by atoms with Crippen molar-refractivity contribution >= 4 is 10.0 Å². The van der Waals surface area contributed by atoms with E-state index in [1.54, 1.807) is 24.3 Å². The molecule has 0 spiro atoms. The lowest BCUT2D eigenvalue weighted by molar-refractivity contribution is 0.173. The fourth-order valence-corrected chi connectivity index (χ4v) is 3.45. The molecule has 0 amide bonds. The Morgan fingerprint density at radius 1 is 1.14 bits per heavy atom. The first-order chi connectivity index (χ1) is 9.83. The van der Waals surface area contributed by atoms with E-state index in [-0.39, 0.29) is 10.4 Å². The van der Waals surface area contributed by atoms with Crippen molar-refractivity contribution in [1.29, 1.82) is 0 Å². The fraction of sp³-hybridized carbons (Fsp3) is 0.600. The van der Waals surface area contributed by atoms with Crippen molar-refractivity contribution in [3.8, 4) is 5.75 Å². The second-order valence-corrected chi connectivity index (χ2v) is 8.12. The highest BCUT2D eigenvalue weighted by atomic mass is 32.2. The first-order valence-electron chi connectivity index (χ1n) is 7.28. The van der Waals surface area contributed by atoms with E-state index in [0.29, 0.717) is 12.4 Å². The Morgan fingerprint density at radius 3 is 2.24 bits per heavy atom. The first kappa shape index (κ1) is 16.3. The lowest BCUT2D eigenvalue weighted by atomic mass is 9.83. The molecule has 1 saturated carbocycles. The van der Waals surface area contributed by atoms with Gasteiger partial charge in [0.2, 0.25) is 10.0 Å². The van der Waals surface area contributed by atoms with Crippen LogP contribution in [0.4, 0.5) is 0 Å². The Morgan fingerprint density at radius 2 is 1.71 bits per heavy atom. The zero-order valence-electron chi connectivity index (χ0n) is 12.7. The van der Waals surface area contributed by atoms with Gasteiger partial charge in [-0.25, -0.2) is 12.7 Å². The molecule has 0 radical (unpaired) electrons. The number of nitrogens with two attached hydrogens (primary N) is 1. The van der Waals surface area contributed by atoms with E-state index in [0.717, 1.165) is 25.7 Å². The lowest BCUT2D eigenvalue weighted by Gasteiger charge is -2.33. The summed E-state index contributed by atoms with van der Waals surface area (Å²) in [5.41, 5.74) is 6.07. The number of ether oxygens (including phenoxy) is 1. The average molecular weight is 312 g/mol. The van der Waals surface area contributed by atoms with Gasteiger partial charge in [-0.2, -0.15) is 0 Å². The molecule has 0 bridgehead atoms. The Labute approximate surface area is 127 Å². The second-order valence-electron chi connectivity index (χ2n) is 5.97. The maximum absolute atomic E-state index is 12.0. The Bertz CT molecular complexity index is 561. The molecule has 1 aliphatic rings. The lowest BCUT2D eigenvalue weighted by Crippen LogP contribution is -2.47. The molecule has 0 unspecified atom stereocenters. The van der Waals surface area contributed by atoms with Crippen molar-refractivity contribution in [3.63, 3.8) is 0 Å². The highest BCUT2D eigenvalue weighted by Crippen LogP contribution is 2.27. The summed E-state index contributed by atoms with van der Waals surface area (Å²) in [7, 11) is -0.358. The quantitative estimate of drug-likeness (QED) is 0.902. The number of benzene rings is 1. The third-order valence-corrected chi connectivity index (χ3v) is 5.81. The predicted molar refractivity (Wildman–Crippen MR) is 82.8 cm³/mol. The number of nitrogens with zero attached hydrogens (tertiary/aromatic N) is 1. The van der Waals surface area contributed by atoms with Gasteiger partial charge in [0.25, 0.3) is 0 Å². The Kier molecular flexibility index (Phi) is 4.91. The molecule has 2 N–H and O–H groups in total. The Balaban J connectivity index is 2.00. The molecule has 1 aromatic carbocycles. The van der Waals surface area contributed by atoms with Crippen LogP contribution in [0.1, 0.15) is 32.1 Å². The summed E-state index contributed by atoms with van der Waals surface area (Å²) in [5, 5.41) is 0. The van der Waals surface area contributed by atoms with Crippen molar-refractivity contribution in [2.45, 2.75) is 42.5 Å². The van der Waals surface area contributed by atoms with Crippen LogP contribution in [0.2, 0.25) is 0 Å². The third kappa shape index (κ3) is 3.96. The molecule has 1 aromatic rings. The molecule has 1 aliphatic carbocycles. The summed E-state index contributed by atoms with van der Waals surface area (Å²) in [6.45, 7) is 0.479. The van der Waals surface area contributed by atoms with Crippen LogP contribution in [-0.4, -0.2) is 39.0 Å². The minimum absolute atomic E-state index is 0.243. The van der Waals surface area contributed by atoms with Gasteiger partial charge < -0.3 is 10.5 Å². The van der Waals surface area contributed by atoms with Gasteiger partial charge in [-0.1, -0.05) is 19.3 Å².